The first kappa shape index (κ1) is 10.1. The van der Waals surface area contributed by atoms with E-state index in [0.29, 0.717) is 18.8 Å². The molecular formula is C7H15N3O. The summed E-state index contributed by atoms with van der Waals surface area (Å²) in [6, 6.07) is 0. The number of hydrogen-bond donors (Lipinski definition) is 2. The fraction of sp³-hybridized carbons (Fsp3) is 0.714. The first-order valence-electron chi connectivity index (χ1n) is 3.62. The second-order valence-corrected chi connectivity index (χ2v) is 2.29. The van der Waals surface area contributed by atoms with Crippen molar-refractivity contribution in [3.05, 3.63) is 0 Å². The summed E-state index contributed by atoms with van der Waals surface area (Å²) in [7, 11) is 0. The van der Waals surface area contributed by atoms with Crippen molar-refractivity contribution in [3.8, 4) is 0 Å². The molecule has 4 heteroatoms. The zero-order valence-electron chi connectivity index (χ0n) is 7.04. The first-order chi connectivity index (χ1) is 5.22. The zero-order chi connectivity index (χ0) is 8.69. The van der Waals surface area contributed by atoms with Crippen molar-refractivity contribution in [1.82, 2.24) is 0 Å². The quantitative estimate of drug-likeness (QED) is 0.272. The summed E-state index contributed by atoms with van der Waals surface area (Å²) in [6.45, 7) is 4.87. The van der Waals surface area contributed by atoms with E-state index in [2.05, 4.69) is 10.1 Å². The molecule has 0 aliphatic heterocycles. The van der Waals surface area contributed by atoms with Crippen LogP contribution in [-0.2, 0) is 0 Å². The fourth-order valence-corrected chi connectivity index (χ4v) is 0.525. The van der Waals surface area contributed by atoms with E-state index in [4.69, 9.17) is 10.9 Å². The second kappa shape index (κ2) is 5.85. The van der Waals surface area contributed by atoms with Crippen molar-refractivity contribution < 1.29 is 5.21 Å². The van der Waals surface area contributed by atoms with Gasteiger partial charge >= 0.3 is 0 Å². The van der Waals surface area contributed by atoms with E-state index < -0.39 is 0 Å². The monoisotopic (exact) mass is 157 g/mol. The Bertz CT molecular complexity index is 163. The number of hydrogen-bond acceptors (Lipinski definition) is 4. The molecule has 0 atom stereocenters. The average molecular weight is 157 g/mol. The SMILES string of the molecule is CC(=NO)C(C)=NCCCN. The van der Waals surface area contributed by atoms with Gasteiger partial charge in [0.25, 0.3) is 0 Å². The number of oxime groups is 1. The van der Waals surface area contributed by atoms with Crippen molar-refractivity contribution in [2.75, 3.05) is 13.1 Å². The van der Waals surface area contributed by atoms with E-state index in [-0.39, 0.29) is 0 Å². The predicted octanol–water partition coefficient (Wildman–Crippen LogP) is 0.646. The van der Waals surface area contributed by atoms with Gasteiger partial charge in [0.15, 0.2) is 0 Å². The van der Waals surface area contributed by atoms with E-state index in [1.165, 1.54) is 0 Å². The molecule has 0 aromatic heterocycles. The van der Waals surface area contributed by atoms with Crippen LogP contribution in [0.1, 0.15) is 20.3 Å². The van der Waals surface area contributed by atoms with E-state index in [1.807, 2.05) is 6.92 Å². The van der Waals surface area contributed by atoms with Crippen LogP contribution in [0.4, 0.5) is 0 Å². The Kier molecular flexibility index (Phi) is 5.37. The Morgan fingerprint density at radius 1 is 1.36 bits per heavy atom. The van der Waals surface area contributed by atoms with Crippen LogP contribution in [0, 0.1) is 0 Å². The molecular weight excluding hydrogens is 142 g/mol. The molecule has 0 aliphatic rings. The molecule has 11 heavy (non-hydrogen) atoms. The van der Waals surface area contributed by atoms with E-state index in [1.54, 1.807) is 6.92 Å². The van der Waals surface area contributed by atoms with Gasteiger partial charge in [-0.3, -0.25) is 4.99 Å². The second-order valence-electron chi connectivity index (χ2n) is 2.29. The minimum atomic E-state index is 0.557. The highest BCUT2D eigenvalue weighted by Gasteiger charge is 1.94. The third-order valence-corrected chi connectivity index (χ3v) is 1.38. The molecule has 0 amide bonds. The zero-order valence-corrected chi connectivity index (χ0v) is 7.04. The van der Waals surface area contributed by atoms with Gasteiger partial charge in [0.1, 0.15) is 0 Å². The molecule has 64 valence electrons. The molecule has 4 nitrogen and oxygen atoms in total. The maximum absolute atomic E-state index is 8.34. The summed E-state index contributed by atoms with van der Waals surface area (Å²) in [5, 5.41) is 11.4. The summed E-state index contributed by atoms with van der Waals surface area (Å²) < 4.78 is 0. The highest BCUT2D eigenvalue weighted by Crippen LogP contribution is 1.85. The number of nitrogens with two attached hydrogens (primary N) is 1. The van der Waals surface area contributed by atoms with Gasteiger partial charge in [-0.2, -0.15) is 0 Å². The summed E-state index contributed by atoms with van der Waals surface area (Å²) in [5.74, 6) is 0. The molecule has 0 rings (SSSR count). The summed E-state index contributed by atoms with van der Waals surface area (Å²) in [5.41, 5.74) is 6.60. The van der Waals surface area contributed by atoms with Gasteiger partial charge in [0.05, 0.1) is 11.4 Å². The Morgan fingerprint density at radius 3 is 2.45 bits per heavy atom. The van der Waals surface area contributed by atoms with E-state index in [0.717, 1.165) is 12.1 Å². The van der Waals surface area contributed by atoms with Gasteiger partial charge in [-0.1, -0.05) is 5.16 Å². The largest absolute Gasteiger partial charge is 0.411 e. The average Bonchev–Trinajstić information content (AvgIpc) is 2.03. The number of aliphatic imine (C=N–C) groups is 1. The molecule has 0 unspecified atom stereocenters. The van der Waals surface area contributed by atoms with Gasteiger partial charge < -0.3 is 10.9 Å². The normalized spacial score (nSPS) is 13.7. The highest BCUT2D eigenvalue weighted by atomic mass is 16.4. The van der Waals surface area contributed by atoms with Crippen LogP contribution in [0.25, 0.3) is 0 Å². The van der Waals surface area contributed by atoms with Crippen LogP contribution in [0.5, 0.6) is 0 Å². The van der Waals surface area contributed by atoms with Gasteiger partial charge in [-0.15, -0.1) is 0 Å². The predicted molar refractivity (Wildman–Crippen MR) is 46.5 cm³/mol. The first-order valence-corrected chi connectivity index (χ1v) is 3.62. The molecule has 0 spiro atoms. The molecule has 0 saturated carbocycles. The Hall–Kier alpha value is -0.900. The van der Waals surface area contributed by atoms with Gasteiger partial charge in [-0.05, 0) is 26.8 Å². The van der Waals surface area contributed by atoms with Crippen molar-refractivity contribution >= 4 is 11.4 Å². The Balaban J connectivity index is 3.81. The van der Waals surface area contributed by atoms with E-state index >= 15 is 0 Å². The summed E-state index contributed by atoms with van der Waals surface area (Å²) >= 11 is 0. The lowest BCUT2D eigenvalue weighted by Crippen LogP contribution is -2.08. The topological polar surface area (TPSA) is 71.0 Å². The van der Waals surface area contributed by atoms with Crippen LogP contribution in [0.3, 0.4) is 0 Å². The van der Waals surface area contributed by atoms with Crippen molar-refractivity contribution in [2.45, 2.75) is 20.3 Å². The molecule has 0 aromatic carbocycles. The van der Waals surface area contributed by atoms with Crippen LogP contribution < -0.4 is 5.73 Å². The third-order valence-electron chi connectivity index (χ3n) is 1.38. The van der Waals surface area contributed by atoms with Gasteiger partial charge in [0.2, 0.25) is 0 Å². The molecule has 0 bridgehead atoms. The van der Waals surface area contributed by atoms with Gasteiger partial charge in [0, 0.05) is 6.54 Å². The fourth-order valence-electron chi connectivity index (χ4n) is 0.525. The molecule has 0 fully saturated rings. The smallest absolute Gasteiger partial charge is 0.0971 e. The number of rotatable bonds is 4. The lowest BCUT2D eigenvalue weighted by molar-refractivity contribution is 0.320. The Morgan fingerprint density at radius 2 is 2.00 bits per heavy atom. The minimum absolute atomic E-state index is 0.557. The summed E-state index contributed by atoms with van der Waals surface area (Å²) in [4.78, 5) is 4.13. The van der Waals surface area contributed by atoms with E-state index in [9.17, 15) is 0 Å². The van der Waals surface area contributed by atoms with Crippen molar-refractivity contribution in [3.63, 3.8) is 0 Å². The lowest BCUT2D eigenvalue weighted by atomic mass is 10.3. The van der Waals surface area contributed by atoms with Crippen LogP contribution in [-0.4, -0.2) is 29.7 Å². The number of nitrogens with zero attached hydrogens (tertiary/aromatic N) is 2. The van der Waals surface area contributed by atoms with Crippen LogP contribution >= 0.6 is 0 Å². The van der Waals surface area contributed by atoms with Crippen LogP contribution in [0.2, 0.25) is 0 Å². The van der Waals surface area contributed by atoms with Crippen molar-refractivity contribution in [2.24, 2.45) is 15.9 Å². The van der Waals surface area contributed by atoms with Gasteiger partial charge in [-0.25, -0.2) is 0 Å². The molecule has 0 radical (unpaired) electrons. The third kappa shape index (κ3) is 4.50. The van der Waals surface area contributed by atoms with Crippen molar-refractivity contribution in [1.29, 1.82) is 0 Å². The minimum Gasteiger partial charge on any atom is -0.411 e. The highest BCUT2D eigenvalue weighted by molar-refractivity contribution is 6.40. The molecule has 0 aromatic rings. The molecule has 0 aliphatic carbocycles. The standard InChI is InChI=1S/C7H15N3O/c1-6(7(2)10-11)9-5-3-4-8/h11H,3-5,8H2,1-2H3. The maximum Gasteiger partial charge on any atom is 0.0971 e. The molecule has 0 heterocycles. The summed E-state index contributed by atoms with van der Waals surface area (Å²) in [6.07, 6.45) is 0.871. The van der Waals surface area contributed by atoms with Crippen LogP contribution in [0.15, 0.2) is 10.1 Å². The maximum atomic E-state index is 8.34. The lowest BCUT2D eigenvalue weighted by Gasteiger charge is -1.96. The Labute approximate surface area is 66.8 Å². The molecule has 3 N–H and O–H groups in total. The molecule has 0 saturated heterocycles.